The van der Waals surface area contributed by atoms with E-state index in [9.17, 15) is 9.90 Å². The third kappa shape index (κ3) is 2.35. The number of carboxylic acids is 1. The summed E-state index contributed by atoms with van der Waals surface area (Å²) in [6, 6.07) is 10.3. The van der Waals surface area contributed by atoms with Gasteiger partial charge in [-0.2, -0.15) is 0 Å². The van der Waals surface area contributed by atoms with E-state index < -0.39 is 5.97 Å². The van der Waals surface area contributed by atoms with Gasteiger partial charge in [-0.25, -0.2) is 4.79 Å². The lowest BCUT2D eigenvalue weighted by atomic mass is 9.97. The summed E-state index contributed by atoms with van der Waals surface area (Å²) in [5, 5.41) is 9.98. The smallest absolute Gasteiger partial charge is 0.336 e. The SMILES string of the molecule is Cc1ccc(C(=O)O)c(-c2cccc(Cl)c2Cl)c1. The molecule has 0 aromatic heterocycles. The minimum Gasteiger partial charge on any atom is -0.478 e. The lowest BCUT2D eigenvalue weighted by Crippen LogP contribution is -2.00. The van der Waals surface area contributed by atoms with E-state index in [4.69, 9.17) is 23.2 Å². The second kappa shape index (κ2) is 5.01. The average molecular weight is 281 g/mol. The fourth-order valence-corrected chi connectivity index (χ4v) is 2.18. The lowest BCUT2D eigenvalue weighted by molar-refractivity contribution is 0.0698. The molecule has 0 unspecified atom stereocenters. The lowest BCUT2D eigenvalue weighted by Gasteiger charge is -2.10. The van der Waals surface area contributed by atoms with Gasteiger partial charge in [-0.15, -0.1) is 0 Å². The number of benzene rings is 2. The van der Waals surface area contributed by atoms with Crippen molar-refractivity contribution in [1.29, 1.82) is 0 Å². The molecule has 2 aromatic rings. The van der Waals surface area contributed by atoms with E-state index in [0.29, 0.717) is 21.2 Å². The number of rotatable bonds is 2. The summed E-state index contributed by atoms with van der Waals surface area (Å²) >= 11 is 12.1. The van der Waals surface area contributed by atoms with Crippen molar-refractivity contribution in [2.24, 2.45) is 0 Å². The molecule has 0 aliphatic heterocycles. The first kappa shape index (κ1) is 12.9. The van der Waals surface area contributed by atoms with E-state index in [1.807, 2.05) is 6.92 Å². The first-order chi connectivity index (χ1) is 8.50. The highest BCUT2D eigenvalue weighted by molar-refractivity contribution is 6.43. The molecule has 0 saturated heterocycles. The summed E-state index contributed by atoms with van der Waals surface area (Å²) in [6.45, 7) is 1.90. The van der Waals surface area contributed by atoms with E-state index in [0.717, 1.165) is 5.56 Å². The van der Waals surface area contributed by atoms with Gasteiger partial charge in [0.25, 0.3) is 0 Å². The third-order valence-electron chi connectivity index (χ3n) is 2.65. The molecular formula is C14H10Cl2O2. The average Bonchev–Trinajstić information content (AvgIpc) is 2.32. The van der Waals surface area contributed by atoms with E-state index >= 15 is 0 Å². The molecule has 1 N–H and O–H groups in total. The van der Waals surface area contributed by atoms with Crippen molar-refractivity contribution in [3.05, 3.63) is 57.6 Å². The van der Waals surface area contributed by atoms with Crippen LogP contribution in [-0.2, 0) is 0 Å². The van der Waals surface area contributed by atoms with Gasteiger partial charge in [0.15, 0.2) is 0 Å². The Morgan fingerprint density at radius 1 is 1.11 bits per heavy atom. The maximum atomic E-state index is 11.2. The monoisotopic (exact) mass is 280 g/mol. The van der Waals surface area contributed by atoms with Crippen LogP contribution < -0.4 is 0 Å². The maximum absolute atomic E-state index is 11.2. The van der Waals surface area contributed by atoms with Gasteiger partial charge >= 0.3 is 5.97 Å². The molecule has 2 aromatic carbocycles. The van der Waals surface area contributed by atoms with Crippen LogP contribution in [0.25, 0.3) is 11.1 Å². The van der Waals surface area contributed by atoms with Crippen molar-refractivity contribution < 1.29 is 9.90 Å². The largest absolute Gasteiger partial charge is 0.478 e. The van der Waals surface area contributed by atoms with Gasteiger partial charge in [0.2, 0.25) is 0 Å². The highest BCUT2D eigenvalue weighted by Crippen LogP contribution is 2.35. The Morgan fingerprint density at radius 3 is 2.50 bits per heavy atom. The second-order valence-corrected chi connectivity index (χ2v) is 4.74. The predicted octanol–water partition coefficient (Wildman–Crippen LogP) is 4.67. The van der Waals surface area contributed by atoms with Gasteiger partial charge in [-0.05, 0) is 24.6 Å². The van der Waals surface area contributed by atoms with Gasteiger partial charge < -0.3 is 5.11 Å². The van der Waals surface area contributed by atoms with Gasteiger partial charge in [-0.1, -0.05) is 53.0 Å². The molecule has 0 amide bonds. The van der Waals surface area contributed by atoms with E-state index in [1.54, 1.807) is 36.4 Å². The van der Waals surface area contributed by atoms with Crippen molar-refractivity contribution in [3.63, 3.8) is 0 Å². The Bertz CT molecular complexity index is 621. The van der Waals surface area contributed by atoms with Crippen molar-refractivity contribution >= 4 is 29.2 Å². The van der Waals surface area contributed by atoms with Gasteiger partial charge in [0.05, 0.1) is 15.6 Å². The van der Waals surface area contributed by atoms with Crippen LogP contribution in [0.4, 0.5) is 0 Å². The molecule has 0 bridgehead atoms. The number of hydrogen-bond donors (Lipinski definition) is 1. The van der Waals surface area contributed by atoms with Crippen molar-refractivity contribution in [3.8, 4) is 11.1 Å². The number of aryl methyl sites for hydroxylation is 1. The van der Waals surface area contributed by atoms with Crippen LogP contribution >= 0.6 is 23.2 Å². The van der Waals surface area contributed by atoms with Crippen molar-refractivity contribution in [2.75, 3.05) is 0 Å². The Kier molecular flexibility index (Phi) is 3.60. The van der Waals surface area contributed by atoms with Crippen LogP contribution in [0.3, 0.4) is 0 Å². The first-order valence-corrected chi connectivity index (χ1v) is 6.04. The van der Waals surface area contributed by atoms with E-state index in [-0.39, 0.29) is 5.56 Å². The quantitative estimate of drug-likeness (QED) is 0.868. The van der Waals surface area contributed by atoms with Crippen LogP contribution in [0.1, 0.15) is 15.9 Å². The minimum atomic E-state index is -0.985. The van der Waals surface area contributed by atoms with Crippen molar-refractivity contribution in [2.45, 2.75) is 6.92 Å². The topological polar surface area (TPSA) is 37.3 Å². The Hall–Kier alpha value is -1.51. The molecule has 2 rings (SSSR count). The van der Waals surface area contributed by atoms with Gasteiger partial charge in [-0.3, -0.25) is 0 Å². The minimum absolute atomic E-state index is 0.213. The molecule has 0 saturated carbocycles. The number of halogens is 2. The maximum Gasteiger partial charge on any atom is 0.336 e. The summed E-state index contributed by atoms with van der Waals surface area (Å²) < 4.78 is 0. The van der Waals surface area contributed by atoms with Crippen LogP contribution in [0.5, 0.6) is 0 Å². The van der Waals surface area contributed by atoms with Gasteiger partial charge in [0, 0.05) is 5.56 Å². The molecule has 0 radical (unpaired) electrons. The summed E-state index contributed by atoms with van der Waals surface area (Å²) in [7, 11) is 0. The van der Waals surface area contributed by atoms with Gasteiger partial charge in [0.1, 0.15) is 0 Å². The molecular weight excluding hydrogens is 271 g/mol. The molecule has 0 heterocycles. The molecule has 4 heteroatoms. The highest BCUT2D eigenvalue weighted by atomic mass is 35.5. The van der Waals surface area contributed by atoms with Crippen LogP contribution in [0.15, 0.2) is 36.4 Å². The molecule has 18 heavy (non-hydrogen) atoms. The number of carbonyl (C=O) groups is 1. The molecule has 0 aliphatic carbocycles. The van der Waals surface area contributed by atoms with Crippen LogP contribution in [0.2, 0.25) is 10.0 Å². The standard InChI is InChI=1S/C14H10Cl2O2/c1-8-5-6-10(14(17)18)11(7-8)9-3-2-4-12(15)13(9)16/h2-7H,1H3,(H,17,18). The summed E-state index contributed by atoms with van der Waals surface area (Å²) in [4.78, 5) is 11.2. The molecule has 0 atom stereocenters. The molecule has 0 aliphatic rings. The zero-order valence-corrected chi connectivity index (χ0v) is 11.1. The third-order valence-corrected chi connectivity index (χ3v) is 3.47. The molecule has 0 fully saturated rings. The van der Waals surface area contributed by atoms with E-state index in [1.165, 1.54) is 0 Å². The fraction of sp³-hybridized carbons (Fsp3) is 0.0714. The summed E-state index contributed by atoms with van der Waals surface area (Å²) in [5.74, 6) is -0.985. The number of aromatic carboxylic acids is 1. The molecule has 2 nitrogen and oxygen atoms in total. The normalized spacial score (nSPS) is 10.4. The molecule has 92 valence electrons. The summed E-state index contributed by atoms with van der Waals surface area (Å²) in [5.41, 5.74) is 2.39. The zero-order valence-electron chi connectivity index (χ0n) is 9.58. The van der Waals surface area contributed by atoms with Crippen molar-refractivity contribution in [1.82, 2.24) is 0 Å². The Balaban J connectivity index is 2.73. The van der Waals surface area contributed by atoms with Crippen LogP contribution in [-0.4, -0.2) is 11.1 Å². The first-order valence-electron chi connectivity index (χ1n) is 5.29. The zero-order chi connectivity index (χ0) is 13.3. The number of carboxylic acid groups (broad SMARTS) is 1. The fourth-order valence-electron chi connectivity index (χ4n) is 1.78. The van der Waals surface area contributed by atoms with Crippen LogP contribution in [0, 0.1) is 6.92 Å². The highest BCUT2D eigenvalue weighted by Gasteiger charge is 2.15. The Labute approximate surface area is 115 Å². The molecule has 0 spiro atoms. The van der Waals surface area contributed by atoms with E-state index in [2.05, 4.69) is 0 Å². The Morgan fingerprint density at radius 2 is 1.83 bits per heavy atom. The summed E-state index contributed by atoms with van der Waals surface area (Å²) in [6.07, 6.45) is 0. The second-order valence-electron chi connectivity index (χ2n) is 3.96. The predicted molar refractivity (Wildman–Crippen MR) is 73.6 cm³/mol. The number of hydrogen-bond acceptors (Lipinski definition) is 1.